The van der Waals surface area contributed by atoms with Crippen LogP contribution in [0.4, 0.5) is 5.13 Å². The highest BCUT2D eigenvalue weighted by molar-refractivity contribution is 8.00. The lowest BCUT2D eigenvalue weighted by atomic mass is 10.0. The number of thioether (sulfide) groups is 1. The second-order valence-corrected chi connectivity index (χ2v) is 8.62. The molecule has 33 heavy (non-hydrogen) atoms. The number of thiazole rings is 1. The number of aromatic nitrogens is 1. The van der Waals surface area contributed by atoms with E-state index in [0.717, 1.165) is 16.2 Å². The van der Waals surface area contributed by atoms with Crippen LogP contribution in [0.25, 0.3) is 0 Å². The number of hydrogen-bond acceptors (Lipinski definition) is 10. The number of anilines is 1. The molecule has 2 amide bonds. The molecule has 3 heterocycles. The first kappa shape index (κ1) is 28.7. The maximum atomic E-state index is 12.9. The first-order chi connectivity index (χ1) is 14.8. The molecular formula is C18H24Cl2N6O5S2. The van der Waals surface area contributed by atoms with E-state index in [-0.39, 0.29) is 53.6 Å². The summed E-state index contributed by atoms with van der Waals surface area (Å²) < 4.78 is 0. The lowest BCUT2D eigenvalue weighted by molar-refractivity contribution is -0.150. The summed E-state index contributed by atoms with van der Waals surface area (Å²) in [5.74, 6) is -2.09. The van der Waals surface area contributed by atoms with Crippen molar-refractivity contribution in [2.24, 2.45) is 10.9 Å². The normalized spacial score (nSPS) is 20.5. The van der Waals surface area contributed by atoms with E-state index in [1.165, 1.54) is 17.8 Å². The van der Waals surface area contributed by atoms with E-state index in [1.807, 2.05) is 6.92 Å². The van der Waals surface area contributed by atoms with Gasteiger partial charge in [-0.3, -0.25) is 14.5 Å². The first-order valence-corrected chi connectivity index (χ1v) is 11.2. The Bertz CT molecular complexity index is 981. The molecule has 2 unspecified atom stereocenters. The van der Waals surface area contributed by atoms with Gasteiger partial charge < -0.3 is 26.7 Å². The second-order valence-electron chi connectivity index (χ2n) is 6.63. The fourth-order valence-electron chi connectivity index (χ4n) is 3.02. The van der Waals surface area contributed by atoms with Crippen LogP contribution in [-0.4, -0.2) is 68.3 Å². The lowest BCUT2D eigenvalue weighted by Gasteiger charge is -2.49. The summed E-state index contributed by atoms with van der Waals surface area (Å²) in [5, 5.41) is 17.3. The van der Waals surface area contributed by atoms with Gasteiger partial charge in [0.2, 0.25) is 0 Å². The zero-order valence-corrected chi connectivity index (χ0v) is 20.7. The van der Waals surface area contributed by atoms with E-state index in [2.05, 4.69) is 22.0 Å². The Labute approximate surface area is 210 Å². The number of hydrogen-bond donors (Lipinski definition) is 4. The average molecular weight is 539 g/mol. The molecule has 11 nitrogen and oxygen atoms in total. The molecule has 1 saturated heterocycles. The molecule has 15 heteroatoms. The number of aliphatic carboxylic acids is 1. The molecule has 1 aromatic rings. The number of carboxylic acid groups (broad SMARTS) is 1. The number of amides is 2. The SMILES string of the molecule is C=CC1=C(C(=O)O)N2C(=O)C(NC(=O)/C(=N/OC(CC)CN)c3csc(N)n3)[C@H]2SC1.Cl.Cl. The molecule has 0 radical (unpaired) electrons. The zero-order valence-electron chi connectivity index (χ0n) is 17.4. The number of oxime groups is 1. The maximum Gasteiger partial charge on any atom is 0.352 e. The number of nitrogens with one attached hydrogen (secondary N) is 1. The Morgan fingerprint density at radius 2 is 2.21 bits per heavy atom. The standard InChI is InChI=1S/C18H22N6O5S2.2ClH/c1-3-8-6-30-16-12(15(26)24(16)13(8)17(27)28)22-14(25)11(10-7-31-18(20)21-10)23-29-9(4-2)5-19;;/h3,7,9,12,16H,1,4-6,19H2,2H3,(H2,20,21)(H,22,25)(H,27,28);2*1H/b23-11+;;/t9?,12?,16-;;/m1../s1. The molecule has 1 aromatic heterocycles. The summed E-state index contributed by atoms with van der Waals surface area (Å²) in [4.78, 5) is 47.8. The quantitative estimate of drug-likeness (QED) is 0.202. The van der Waals surface area contributed by atoms with Crippen LogP contribution in [0.2, 0.25) is 0 Å². The molecule has 2 aliphatic rings. The number of nitrogen functional groups attached to an aromatic ring is 1. The number of fused-ring (bicyclic) bond motifs is 1. The molecule has 0 spiro atoms. The monoisotopic (exact) mass is 538 g/mol. The number of rotatable bonds is 9. The molecule has 0 aliphatic carbocycles. The fraction of sp³-hybridized carbons (Fsp3) is 0.389. The van der Waals surface area contributed by atoms with Crippen LogP contribution >= 0.6 is 47.9 Å². The maximum absolute atomic E-state index is 12.9. The van der Waals surface area contributed by atoms with Crippen molar-refractivity contribution in [1.82, 2.24) is 15.2 Å². The summed E-state index contributed by atoms with van der Waals surface area (Å²) in [6.45, 7) is 5.67. The van der Waals surface area contributed by atoms with Gasteiger partial charge in [-0.25, -0.2) is 9.78 Å². The van der Waals surface area contributed by atoms with Crippen molar-refractivity contribution in [2.45, 2.75) is 30.9 Å². The minimum Gasteiger partial charge on any atom is -0.477 e. The predicted molar refractivity (Wildman–Crippen MR) is 132 cm³/mol. The Hall–Kier alpha value is -2.32. The molecule has 3 atom stereocenters. The van der Waals surface area contributed by atoms with Crippen LogP contribution in [-0.2, 0) is 19.2 Å². The van der Waals surface area contributed by atoms with E-state index in [1.54, 1.807) is 5.38 Å². The van der Waals surface area contributed by atoms with Crippen molar-refractivity contribution in [3.8, 4) is 0 Å². The van der Waals surface area contributed by atoms with Crippen LogP contribution in [0.1, 0.15) is 19.0 Å². The smallest absolute Gasteiger partial charge is 0.352 e. The molecule has 182 valence electrons. The van der Waals surface area contributed by atoms with Gasteiger partial charge in [-0.05, 0) is 12.0 Å². The third-order valence-electron chi connectivity index (χ3n) is 4.72. The van der Waals surface area contributed by atoms with E-state index < -0.39 is 35.3 Å². The number of carboxylic acids is 1. The number of carbonyl (C=O) groups is 3. The van der Waals surface area contributed by atoms with Gasteiger partial charge in [-0.15, -0.1) is 47.9 Å². The van der Waals surface area contributed by atoms with Gasteiger partial charge in [-0.1, -0.05) is 24.7 Å². The minimum absolute atomic E-state index is 0. The zero-order chi connectivity index (χ0) is 22.7. The highest BCUT2D eigenvalue weighted by Gasteiger charge is 2.54. The molecule has 0 bridgehead atoms. The largest absolute Gasteiger partial charge is 0.477 e. The number of nitrogens with zero attached hydrogens (tertiary/aromatic N) is 3. The van der Waals surface area contributed by atoms with Crippen molar-refractivity contribution in [3.63, 3.8) is 0 Å². The Balaban J connectivity index is 0.00000272. The van der Waals surface area contributed by atoms with Gasteiger partial charge in [0, 0.05) is 17.7 Å². The third-order valence-corrected chi connectivity index (χ3v) is 6.70. The number of carbonyl (C=O) groups excluding carboxylic acids is 2. The van der Waals surface area contributed by atoms with Gasteiger partial charge in [-0.2, -0.15) is 0 Å². The van der Waals surface area contributed by atoms with E-state index in [9.17, 15) is 19.5 Å². The molecule has 3 rings (SSSR count). The summed E-state index contributed by atoms with van der Waals surface area (Å²) in [5.41, 5.74) is 11.7. The molecule has 0 saturated carbocycles. The number of halogens is 2. The molecule has 1 fully saturated rings. The highest BCUT2D eigenvalue weighted by Crippen LogP contribution is 2.40. The van der Waals surface area contributed by atoms with Crippen LogP contribution in [0.3, 0.4) is 0 Å². The predicted octanol–water partition coefficient (Wildman–Crippen LogP) is 0.952. The van der Waals surface area contributed by atoms with Crippen molar-refractivity contribution in [3.05, 3.63) is 35.0 Å². The molecule has 0 aromatic carbocycles. The highest BCUT2D eigenvalue weighted by atomic mass is 35.5. The van der Waals surface area contributed by atoms with Gasteiger partial charge in [0.25, 0.3) is 11.8 Å². The summed E-state index contributed by atoms with van der Waals surface area (Å²) in [6.07, 6.45) is 1.61. The summed E-state index contributed by atoms with van der Waals surface area (Å²) in [6, 6.07) is -0.920. The van der Waals surface area contributed by atoms with Gasteiger partial charge >= 0.3 is 5.97 Å². The van der Waals surface area contributed by atoms with Crippen molar-refractivity contribution >= 4 is 76.5 Å². The van der Waals surface area contributed by atoms with Crippen molar-refractivity contribution in [1.29, 1.82) is 0 Å². The molecule has 6 N–H and O–H groups in total. The van der Waals surface area contributed by atoms with Gasteiger partial charge in [0.15, 0.2) is 10.8 Å². The van der Waals surface area contributed by atoms with Gasteiger partial charge in [0.05, 0.1) is 0 Å². The first-order valence-electron chi connectivity index (χ1n) is 9.32. The third kappa shape index (κ3) is 5.79. The summed E-state index contributed by atoms with van der Waals surface area (Å²) >= 11 is 2.46. The Morgan fingerprint density at radius 3 is 2.73 bits per heavy atom. The Kier molecular flexibility index (Phi) is 10.6. The number of nitrogens with two attached hydrogens (primary N) is 2. The van der Waals surface area contributed by atoms with Crippen LogP contribution in [0, 0.1) is 0 Å². The van der Waals surface area contributed by atoms with Gasteiger partial charge in [0.1, 0.15) is 28.9 Å². The van der Waals surface area contributed by atoms with Crippen LogP contribution < -0.4 is 16.8 Å². The summed E-state index contributed by atoms with van der Waals surface area (Å²) in [7, 11) is 0. The van der Waals surface area contributed by atoms with Crippen LogP contribution in [0.5, 0.6) is 0 Å². The van der Waals surface area contributed by atoms with E-state index in [0.29, 0.717) is 17.7 Å². The average Bonchev–Trinajstić information content (AvgIpc) is 3.19. The Morgan fingerprint density at radius 1 is 1.52 bits per heavy atom. The number of β-lactam (4-membered cyclic amide) rings is 1. The second kappa shape index (κ2) is 12.2. The van der Waals surface area contributed by atoms with E-state index in [4.69, 9.17) is 16.3 Å². The van der Waals surface area contributed by atoms with Crippen LogP contribution in [0.15, 0.2) is 34.5 Å². The minimum atomic E-state index is -1.22. The number of allylic oxidation sites excluding steroid dienone is 1. The lowest BCUT2D eigenvalue weighted by Crippen LogP contribution is -2.71. The van der Waals surface area contributed by atoms with E-state index >= 15 is 0 Å². The van der Waals surface area contributed by atoms with Crippen molar-refractivity contribution in [2.75, 3.05) is 18.0 Å². The molecular weight excluding hydrogens is 515 g/mol. The molecule has 2 aliphatic heterocycles. The van der Waals surface area contributed by atoms with Crippen molar-refractivity contribution < 1.29 is 24.3 Å². The topological polar surface area (TPSA) is 173 Å². The fourth-order valence-corrected chi connectivity index (χ4v) is 4.91.